The molecule has 1 aliphatic rings. The minimum Gasteiger partial charge on any atom is -0.310 e. The molecule has 3 aromatic rings. The van der Waals surface area contributed by atoms with Crippen LogP contribution in [-0.2, 0) is 9.59 Å². The van der Waals surface area contributed by atoms with Crippen molar-refractivity contribution in [2.75, 3.05) is 16.8 Å². The van der Waals surface area contributed by atoms with E-state index in [0.29, 0.717) is 17.2 Å². The van der Waals surface area contributed by atoms with Gasteiger partial charge in [0.05, 0.1) is 27.9 Å². The molecule has 1 atom stereocenters. The molecule has 4 rings (SSSR count). The number of aromatic nitrogens is 2. The zero-order chi connectivity index (χ0) is 22.1. The van der Waals surface area contributed by atoms with Crippen molar-refractivity contribution in [2.45, 2.75) is 13.3 Å². The van der Waals surface area contributed by atoms with Crippen LogP contribution >= 0.6 is 0 Å². The summed E-state index contributed by atoms with van der Waals surface area (Å²) < 4.78 is 15.5. The summed E-state index contributed by atoms with van der Waals surface area (Å²) in [4.78, 5) is 36.9. The maximum Gasteiger partial charge on any atom is 0.269 e. The van der Waals surface area contributed by atoms with Crippen molar-refractivity contribution in [3.05, 3.63) is 76.2 Å². The fraction of sp³-hybridized carbons (Fsp3) is 0.190. The van der Waals surface area contributed by atoms with E-state index in [4.69, 9.17) is 0 Å². The van der Waals surface area contributed by atoms with Crippen molar-refractivity contribution in [3.63, 3.8) is 0 Å². The molecule has 9 nitrogen and oxygen atoms in total. The standard InChI is InChI=1S/C21H18FN5O4/c1-13-10-19(26(24-13)15-6-8-16(9-7-15)27(30)31)23-21(29)14-11-20(28)25(12-14)18-5-3-2-4-17(18)22/h2-10,14H,11-12H2,1H3,(H,23,29). The number of nitrogens with zero attached hydrogens (tertiary/aromatic N) is 4. The molecule has 2 aromatic carbocycles. The van der Waals surface area contributed by atoms with Gasteiger partial charge < -0.3 is 10.2 Å². The van der Waals surface area contributed by atoms with Crippen LogP contribution in [0.5, 0.6) is 0 Å². The molecule has 1 unspecified atom stereocenters. The number of hydrogen-bond acceptors (Lipinski definition) is 5. The van der Waals surface area contributed by atoms with Crippen LogP contribution < -0.4 is 10.2 Å². The van der Waals surface area contributed by atoms with Gasteiger partial charge in [0.15, 0.2) is 0 Å². The molecule has 0 aliphatic carbocycles. The zero-order valence-corrected chi connectivity index (χ0v) is 16.5. The van der Waals surface area contributed by atoms with E-state index in [0.717, 1.165) is 0 Å². The molecule has 0 spiro atoms. The number of hydrogen-bond donors (Lipinski definition) is 1. The Hall–Kier alpha value is -4.08. The SMILES string of the molecule is Cc1cc(NC(=O)C2CC(=O)N(c3ccccc3F)C2)n(-c2ccc([N+](=O)[O-])cc2)n1. The number of anilines is 2. The monoisotopic (exact) mass is 423 g/mol. The van der Waals surface area contributed by atoms with Gasteiger partial charge in [-0.05, 0) is 31.2 Å². The smallest absolute Gasteiger partial charge is 0.269 e. The van der Waals surface area contributed by atoms with Gasteiger partial charge in [-0.1, -0.05) is 12.1 Å². The number of nitro benzene ring substituents is 1. The molecule has 1 fully saturated rings. The normalized spacial score (nSPS) is 15.9. The highest BCUT2D eigenvalue weighted by molar-refractivity contribution is 6.03. The molecular weight excluding hydrogens is 405 g/mol. The van der Waals surface area contributed by atoms with Gasteiger partial charge in [0.25, 0.3) is 5.69 Å². The van der Waals surface area contributed by atoms with E-state index in [1.165, 1.54) is 52.0 Å². The fourth-order valence-electron chi connectivity index (χ4n) is 3.52. The van der Waals surface area contributed by atoms with E-state index in [9.17, 15) is 24.1 Å². The number of rotatable bonds is 5. The van der Waals surface area contributed by atoms with Crippen molar-refractivity contribution >= 4 is 29.0 Å². The van der Waals surface area contributed by atoms with Crippen molar-refractivity contribution in [1.82, 2.24) is 9.78 Å². The molecule has 0 saturated carbocycles. The summed E-state index contributed by atoms with van der Waals surface area (Å²) in [5.74, 6) is -1.54. The molecule has 0 bridgehead atoms. The molecule has 31 heavy (non-hydrogen) atoms. The van der Waals surface area contributed by atoms with Gasteiger partial charge in [-0.25, -0.2) is 9.07 Å². The summed E-state index contributed by atoms with van der Waals surface area (Å²) in [6.07, 6.45) is -0.0369. The third kappa shape index (κ3) is 4.00. The van der Waals surface area contributed by atoms with Gasteiger partial charge in [0.2, 0.25) is 11.8 Å². The summed E-state index contributed by atoms with van der Waals surface area (Å²) >= 11 is 0. The molecule has 1 N–H and O–H groups in total. The largest absolute Gasteiger partial charge is 0.310 e. The number of nitro groups is 1. The zero-order valence-electron chi connectivity index (χ0n) is 16.5. The number of halogens is 1. The number of para-hydroxylation sites is 1. The lowest BCUT2D eigenvalue weighted by atomic mass is 10.1. The Balaban J connectivity index is 1.53. The van der Waals surface area contributed by atoms with Crippen LogP contribution in [0.1, 0.15) is 12.1 Å². The Morgan fingerprint density at radius 3 is 2.61 bits per heavy atom. The molecule has 2 heterocycles. The second-order valence-electron chi connectivity index (χ2n) is 7.20. The number of carbonyl (C=O) groups is 2. The first-order valence-corrected chi connectivity index (χ1v) is 9.51. The van der Waals surface area contributed by atoms with Gasteiger partial charge >= 0.3 is 0 Å². The molecular formula is C21H18FN5O4. The average molecular weight is 423 g/mol. The predicted octanol–water partition coefficient (Wildman–Crippen LogP) is 3.22. The van der Waals surface area contributed by atoms with Crippen LogP contribution in [0.15, 0.2) is 54.6 Å². The second kappa shape index (κ2) is 7.98. The van der Waals surface area contributed by atoms with E-state index in [1.54, 1.807) is 19.1 Å². The minimum absolute atomic E-state index is 0.0369. The Morgan fingerprint density at radius 1 is 1.23 bits per heavy atom. The molecule has 10 heteroatoms. The van der Waals surface area contributed by atoms with Crippen LogP contribution in [0.25, 0.3) is 5.69 Å². The molecule has 1 aliphatic heterocycles. The highest BCUT2D eigenvalue weighted by Gasteiger charge is 2.36. The van der Waals surface area contributed by atoms with Crippen molar-refractivity contribution < 1.29 is 18.9 Å². The van der Waals surface area contributed by atoms with Crippen LogP contribution in [0.4, 0.5) is 21.6 Å². The fourth-order valence-corrected chi connectivity index (χ4v) is 3.52. The van der Waals surface area contributed by atoms with E-state index < -0.39 is 22.6 Å². The Kier molecular flexibility index (Phi) is 5.20. The topological polar surface area (TPSA) is 110 Å². The van der Waals surface area contributed by atoms with Crippen LogP contribution in [0.2, 0.25) is 0 Å². The summed E-state index contributed by atoms with van der Waals surface area (Å²) in [7, 11) is 0. The molecule has 1 saturated heterocycles. The van der Waals surface area contributed by atoms with Crippen LogP contribution in [-0.4, -0.2) is 33.1 Å². The lowest BCUT2D eigenvalue weighted by Gasteiger charge is -2.17. The Bertz CT molecular complexity index is 1170. The highest BCUT2D eigenvalue weighted by Crippen LogP contribution is 2.28. The lowest BCUT2D eigenvalue weighted by Crippen LogP contribution is -2.29. The first-order valence-electron chi connectivity index (χ1n) is 9.51. The number of aryl methyl sites for hydroxylation is 1. The summed E-state index contributed by atoms with van der Waals surface area (Å²) in [6, 6.07) is 13.3. The van der Waals surface area contributed by atoms with Crippen LogP contribution in [0, 0.1) is 28.8 Å². The first kappa shape index (κ1) is 20.2. The number of benzene rings is 2. The summed E-state index contributed by atoms with van der Waals surface area (Å²) in [6.45, 7) is 1.81. The highest BCUT2D eigenvalue weighted by atomic mass is 19.1. The van der Waals surface area contributed by atoms with Crippen molar-refractivity contribution in [2.24, 2.45) is 5.92 Å². The average Bonchev–Trinajstić information content (AvgIpc) is 3.31. The second-order valence-corrected chi connectivity index (χ2v) is 7.20. The first-order chi connectivity index (χ1) is 14.8. The van der Waals surface area contributed by atoms with Crippen molar-refractivity contribution in [3.8, 4) is 5.69 Å². The minimum atomic E-state index is -0.660. The van der Waals surface area contributed by atoms with Gasteiger partial charge in [-0.2, -0.15) is 5.10 Å². The molecule has 1 aromatic heterocycles. The van der Waals surface area contributed by atoms with E-state index in [2.05, 4.69) is 10.4 Å². The number of nitrogens with one attached hydrogen (secondary N) is 1. The summed E-state index contributed by atoms with van der Waals surface area (Å²) in [5.41, 5.74) is 1.25. The van der Waals surface area contributed by atoms with Gasteiger partial charge in [-0.3, -0.25) is 19.7 Å². The number of non-ortho nitro benzene ring substituents is 1. The Morgan fingerprint density at radius 2 is 1.94 bits per heavy atom. The third-order valence-corrected chi connectivity index (χ3v) is 5.03. The van der Waals surface area contributed by atoms with Crippen LogP contribution in [0.3, 0.4) is 0 Å². The molecule has 158 valence electrons. The lowest BCUT2D eigenvalue weighted by molar-refractivity contribution is -0.384. The van der Waals surface area contributed by atoms with E-state index in [1.807, 2.05) is 0 Å². The predicted molar refractivity (Wildman–Crippen MR) is 110 cm³/mol. The number of carbonyl (C=O) groups excluding carboxylic acids is 2. The van der Waals surface area contributed by atoms with E-state index >= 15 is 0 Å². The molecule has 2 amide bonds. The third-order valence-electron chi connectivity index (χ3n) is 5.03. The maximum absolute atomic E-state index is 14.1. The van der Waals surface area contributed by atoms with Gasteiger partial charge in [0.1, 0.15) is 11.6 Å². The van der Waals surface area contributed by atoms with Gasteiger partial charge in [-0.15, -0.1) is 0 Å². The molecule has 0 radical (unpaired) electrons. The van der Waals surface area contributed by atoms with Crippen molar-refractivity contribution in [1.29, 1.82) is 0 Å². The van der Waals surface area contributed by atoms with E-state index in [-0.39, 0.29) is 30.2 Å². The number of amides is 2. The van der Waals surface area contributed by atoms with Gasteiger partial charge in [0, 0.05) is 31.2 Å². The Labute approximate surface area is 176 Å². The summed E-state index contributed by atoms with van der Waals surface area (Å²) in [5, 5.41) is 18.0. The quantitative estimate of drug-likeness (QED) is 0.500. The maximum atomic E-state index is 14.1.